The zero-order chi connectivity index (χ0) is 22.5. The van der Waals surface area contributed by atoms with Crippen LogP contribution < -0.4 is 10.2 Å². The summed E-state index contributed by atoms with van der Waals surface area (Å²) in [4.78, 5) is 31.2. The summed E-state index contributed by atoms with van der Waals surface area (Å²) in [6, 6.07) is 8.44. The number of methoxy groups -OCH3 is 1. The number of nitrogens with zero attached hydrogens (tertiary/aromatic N) is 2. The van der Waals surface area contributed by atoms with E-state index in [0.717, 1.165) is 57.4 Å². The summed E-state index contributed by atoms with van der Waals surface area (Å²) in [5.41, 5.74) is 4.22. The molecule has 1 fully saturated rings. The van der Waals surface area contributed by atoms with Gasteiger partial charge in [0.1, 0.15) is 5.00 Å². The number of esters is 1. The molecule has 32 heavy (non-hydrogen) atoms. The average molecular weight is 456 g/mol. The SMILES string of the molecule is COC(=O)c1c(NC(=O)CN2CCN(c3ccccc3C)CC2)sc2c1CCCCCC2. The van der Waals surface area contributed by atoms with Crippen LogP contribution in [-0.4, -0.2) is 56.6 Å². The molecule has 4 rings (SSSR count). The molecular weight excluding hydrogens is 422 g/mol. The molecule has 2 aliphatic rings. The monoisotopic (exact) mass is 455 g/mol. The molecule has 172 valence electrons. The quantitative estimate of drug-likeness (QED) is 0.683. The van der Waals surface area contributed by atoms with Crippen LogP contribution in [0.15, 0.2) is 24.3 Å². The van der Waals surface area contributed by atoms with Gasteiger partial charge in [-0.05, 0) is 49.8 Å². The lowest BCUT2D eigenvalue weighted by Crippen LogP contribution is -2.48. The smallest absolute Gasteiger partial charge is 0.341 e. The lowest BCUT2D eigenvalue weighted by Gasteiger charge is -2.36. The maximum atomic E-state index is 12.9. The topological polar surface area (TPSA) is 61.9 Å². The number of amides is 1. The van der Waals surface area contributed by atoms with Crippen LogP contribution in [0.3, 0.4) is 0 Å². The number of hydrogen-bond donors (Lipinski definition) is 1. The highest BCUT2D eigenvalue weighted by Gasteiger charge is 2.27. The Balaban J connectivity index is 1.39. The summed E-state index contributed by atoms with van der Waals surface area (Å²) in [6.07, 6.45) is 6.47. The van der Waals surface area contributed by atoms with Gasteiger partial charge in [-0.25, -0.2) is 4.79 Å². The molecule has 0 spiro atoms. The highest BCUT2D eigenvalue weighted by Crippen LogP contribution is 2.37. The molecule has 0 radical (unpaired) electrons. The number of fused-ring (bicyclic) bond motifs is 1. The molecule has 0 bridgehead atoms. The van der Waals surface area contributed by atoms with Crippen molar-refractivity contribution in [1.82, 2.24) is 4.90 Å². The van der Waals surface area contributed by atoms with Crippen molar-refractivity contribution in [2.45, 2.75) is 45.4 Å². The first-order valence-corrected chi connectivity index (χ1v) is 12.4. The Morgan fingerprint density at radius 1 is 1.03 bits per heavy atom. The van der Waals surface area contributed by atoms with Crippen molar-refractivity contribution in [3.8, 4) is 0 Å². The van der Waals surface area contributed by atoms with Crippen molar-refractivity contribution < 1.29 is 14.3 Å². The number of ether oxygens (including phenoxy) is 1. The maximum Gasteiger partial charge on any atom is 0.341 e. The minimum atomic E-state index is -0.342. The predicted molar refractivity (Wildman–Crippen MR) is 130 cm³/mol. The van der Waals surface area contributed by atoms with Gasteiger partial charge in [0.25, 0.3) is 0 Å². The Bertz CT molecular complexity index is 963. The second kappa shape index (κ2) is 10.5. The Morgan fingerprint density at radius 2 is 1.75 bits per heavy atom. The molecule has 7 heteroatoms. The van der Waals surface area contributed by atoms with E-state index in [4.69, 9.17) is 4.74 Å². The van der Waals surface area contributed by atoms with E-state index >= 15 is 0 Å². The van der Waals surface area contributed by atoms with Gasteiger partial charge in [0.2, 0.25) is 5.91 Å². The van der Waals surface area contributed by atoms with Crippen molar-refractivity contribution in [3.63, 3.8) is 0 Å². The van der Waals surface area contributed by atoms with Crippen LogP contribution >= 0.6 is 11.3 Å². The molecule has 0 atom stereocenters. The first-order chi connectivity index (χ1) is 15.6. The van der Waals surface area contributed by atoms with E-state index in [2.05, 4.69) is 46.3 Å². The van der Waals surface area contributed by atoms with E-state index in [9.17, 15) is 9.59 Å². The highest BCUT2D eigenvalue weighted by atomic mass is 32.1. The third-order valence-electron chi connectivity index (χ3n) is 6.51. The number of aryl methyl sites for hydroxylation is 2. The van der Waals surface area contributed by atoms with Crippen LogP contribution in [0.25, 0.3) is 0 Å². The van der Waals surface area contributed by atoms with Gasteiger partial charge in [0.05, 0.1) is 19.2 Å². The second-order valence-corrected chi connectivity index (χ2v) is 9.82. The van der Waals surface area contributed by atoms with E-state index in [1.807, 2.05) is 0 Å². The average Bonchev–Trinajstić information content (AvgIpc) is 3.10. The number of piperazine rings is 1. The summed E-state index contributed by atoms with van der Waals surface area (Å²) in [7, 11) is 1.41. The van der Waals surface area contributed by atoms with E-state index in [-0.39, 0.29) is 11.9 Å². The van der Waals surface area contributed by atoms with Gasteiger partial charge in [0.15, 0.2) is 0 Å². The van der Waals surface area contributed by atoms with E-state index in [1.165, 1.54) is 36.1 Å². The van der Waals surface area contributed by atoms with Crippen LogP contribution in [0.2, 0.25) is 0 Å². The summed E-state index contributed by atoms with van der Waals surface area (Å²) in [5.74, 6) is -0.404. The number of nitrogens with one attached hydrogen (secondary N) is 1. The number of carbonyl (C=O) groups excluding carboxylic acids is 2. The zero-order valence-electron chi connectivity index (χ0n) is 19.1. The highest BCUT2D eigenvalue weighted by molar-refractivity contribution is 7.17. The summed E-state index contributed by atoms with van der Waals surface area (Å²) < 4.78 is 5.07. The molecule has 0 unspecified atom stereocenters. The summed E-state index contributed by atoms with van der Waals surface area (Å²) in [6.45, 7) is 5.96. The van der Waals surface area contributed by atoms with E-state index in [0.29, 0.717) is 17.1 Å². The first kappa shape index (κ1) is 22.8. The third-order valence-corrected chi connectivity index (χ3v) is 7.72. The Kier molecular flexibility index (Phi) is 7.48. The van der Waals surface area contributed by atoms with E-state index < -0.39 is 0 Å². The normalized spacial score (nSPS) is 17.2. The van der Waals surface area contributed by atoms with Crippen molar-refractivity contribution >= 4 is 33.9 Å². The fourth-order valence-electron chi connectivity index (χ4n) is 4.76. The van der Waals surface area contributed by atoms with E-state index in [1.54, 1.807) is 11.3 Å². The molecule has 1 N–H and O–H groups in total. The van der Waals surface area contributed by atoms with Gasteiger partial charge in [0, 0.05) is 36.7 Å². The summed E-state index contributed by atoms with van der Waals surface area (Å²) >= 11 is 1.56. The number of rotatable bonds is 5. The number of anilines is 2. The Morgan fingerprint density at radius 3 is 2.47 bits per heavy atom. The maximum absolute atomic E-state index is 12.9. The third kappa shape index (κ3) is 5.15. The van der Waals surface area contributed by atoms with Crippen molar-refractivity contribution in [3.05, 3.63) is 45.8 Å². The number of benzene rings is 1. The van der Waals surface area contributed by atoms with Gasteiger partial charge in [-0.3, -0.25) is 9.69 Å². The number of thiophene rings is 1. The lowest BCUT2D eigenvalue weighted by atomic mass is 9.96. The second-order valence-electron chi connectivity index (χ2n) is 8.71. The molecule has 1 aromatic carbocycles. The molecule has 1 aromatic heterocycles. The van der Waals surface area contributed by atoms with Crippen LogP contribution in [0.1, 0.15) is 52.0 Å². The fraction of sp³-hybridized carbons (Fsp3) is 0.520. The molecule has 1 aliphatic heterocycles. The Labute approximate surface area is 194 Å². The predicted octanol–water partition coefficient (Wildman–Crippen LogP) is 4.26. The van der Waals surface area contributed by atoms with Gasteiger partial charge < -0.3 is 15.0 Å². The van der Waals surface area contributed by atoms with Gasteiger partial charge >= 0.3 is 5.97 Å². The van der Waals surface area contributed by atoms with Crippen LogP contribution in [-0.2, 0) is 22.4 Å². The minimum absolute atomic E-state index is 0.0614. The van der Waals surface area contributed by atoms with Crippen LogP contribution in [0.5, 0.6) is 0 Å². The molecular formula is C25H33N3O3S. The minimum Gasteiger partial charge on any atom is -0.465 e. The molecule has 2 heterocycles. The molecule has 2 aromatic rings. The zero-order valence-corrected chi connectivity index (χ0v) is 19.9. The number of para-hydroxylation sites is 1. The van der Waals surface area contributed by atoms with Crippen molar-refractivity contribution in [2.24, 2.45) is 0 Å². The van der Waals surface area contributed by atoms with Gasteiger partial charge in [-0.1, -0.05) is 31.0 Å². The molecule has 1 aliphatic carbocycles. The lowest BCUT2D eigenvalue weighted by molar-refractivity contribution is -0.117. The summed E-state index contributed by atoms with van der Waals surface area (Å²) in [5, 5.41) is 3.71. The standard InChI is InChI=1S/C25H33N3O3S/c1-18-9-7-8-11-20(18)28-15-13-27(14-16-28)17-22(29)26-24-23(25(30)31-2)19-10-5-3-4-6-12-21(19)32-24/h7-9,11H,3-6,10,12-17H2,1-2H3,(H,26,29). The molecule has 1 saturated heterocycles. The fourth-order valence-corrected chi connectivity index (χ4v) is 6.05. The van der Waals surface area contributed by atoms with Crippen molar-refractivity contribution in [1.29, 1.82) is 0 Å². The first-order valence-electron chi connectivity index (χ1n) is 11.6. The van der Waals surface area contributed by atoms with Crippen molar-refractivity contribution in [2.75, 3.05) is 50.1 Å². The number of carbonyl (C=O) groups is 2. The Hall–Kier alpha value is -2.38. The number of hydrogen-bond acceptors (Lipinski definition) is 6. The van der Waals surface area contributed by atoms with Gasteiger partial charge in [-0.2, -0.15) is 0 Å². The molecule has 0 saturated carbocycles. The van der Waals surface area contributed by atoms with Crippen LogP contribution in [0, 0.1) is 6.92 Å². The van der Waals surface area contributed by atoms with Gasteiger partial charge in [-0.15, -0.1) is 11.3 Å². The van der Waals surface area contributed by atoms with Crippen LogP contribution in [0.4, 0.5) is 10.7 Å². The molecule has 6 nitrogen and oxygen atoms in total. The largest absolute Gasteiger partial charge is 0.465 e. The molecule has 1 amide bonds.